The van der Waals surface area contributed by atoms with Crippen molar-refractivity contribution in [1.82, 2.24) is 9.97 Å². The number of nitrogens with zero attached hydrogens (tertiary/aromatic N) is 5. The predicted octanol–water partition coefficient (Wildman–Crippen LogP) is 4.44. The summed E-state index contributed by atoms with van der Waals surface area (Å²) in [4.78, 5) is 20.2. The number of non-ortho nitro benzene ring substituents is 1. The van der Waals surface area contributed by atoms with Crippen LogP contribution >= 0.6 is 23.8 Å². The highest BCUT2D eigenvalue weighted by Crippen LogP contribution is 2.26. The number of halogens is 1. The average molecular weight is 411 g/mol. The Hall–Kier alpha value is -3.61. The molecule has 0 unspecified atom stereocenters. The Labute approximate surface area is 170 Å². The Morgan fingerprint density at radius 1 is 1.18 bits per heavy atom. The fourth-order valence-electron chi connectivity index (χ4n) is 2.32. The molecule has 3 rings (SSSR count). The summed E-state index contributed by atoms with van der Waals surface area (Å²) >= 11 is 11.5. The number of hydrogen-bond donors (Lipinski definition) is 1. The molecule has 1 aromatic heterocycles. The maximum absolute atomic E-state index is 10.8. The lowest BCUT2D eigenvalue weighted by Gasteiger charge is -2.25. The fourth-order valence-corrected chi connectivity index (χ4v) is 2.78. The number of nitro groups is 1. The summed E-state index contributed by atoms with van der Waals surface area (Å²) in [6, 6.07) is 14.6. The maximum atomic E-state index is 10.8. The Bertz CT molecular complexity index is 1070. The van der Waals surface area contributed by atoms with E-state index < -0.39 is 4.92 Å². The molecule has 0 radical (unpaired) electrons. The van der Waals surface area contributed by atoms with Crippen LogP contribution in [0.1, 0.15) is 5.56 Å². The van der Waals surface area contributed by atoms with Gasteiger partial charge in [-0.05, 0) is 48.6 Å². The molecule has 1 heterocycles. The molecule has 0 aliphatic carbocycles. The van der Waals surface area contributed by atoms with Gasteiger partial charge in [-0.2, -0.15) is 5.26 Å². The molecule has 0 spiro atoms. The van der Waals surface area contributed by atoms with Crippen LogP contribution in [0.3, 0.4) is 0 Å². The molecule has 3 aromatic rings. The standard InChI is InChI=1S/C18H11ClN6O2S/c19-16-10-21-11-17(23-16)24(14-5-1-12(9-20)2-6-14)18(28)22-13-3-7-15(8-4-13)25(26)27/h1-8,10-11H,(H,22,28). The second-order valence-electron chi connectivity index (χ2n) is 5.43. The molecule has 0 bridgehead atoms. The van der Waals surface area contributed by atoms with E-state index in [1.165, 1.54) is 24.5 Å². The Balaban J connectivity index is 1.94. The lowest BCUT2D eigenvalue weighted by Crippen LogP contribution is -2.31. The maximum Gasteiger partial charge on any atom is 0.269 e. The number of aromatic nitrogens is 2. The van der Waals surface area contributed by atoms with E-state index in [9.17, 15) is 10.1 Å². The first-order valence-corrected chi connectivity index (χ1v) is 8.60. The lowest BCUT2D eigenvalue weighted by molar-refractivity contribution is -0.384. The van der Waals surface area contributed by atoms with Crippen molar-refractivity contribution in [2.75, 3.05) is 10.2 Å². The van der Waals surface area contributed by atoms with Crippen LogP contribution in [-0.2, 0) is 0 Å². The van der Waals surface area contributed by atoms with Gasteiger partial charge in [-0.25, -0.2) is 4.98 Å². The van der Waals surface area contributed by atoms with Crippen molar-refractivity contribution in [3.05, 3.63) is 81.8 Å². The van der Waals surface area contributed by atoms with Crippen molar-refractivity contribution < 1.29 is 4.92 Å². The van der Waals surface area contributed by atoms with Gasteiger partial charge in [-0.15, -0.1) is 0 Å². The number of anilines is 3. The molecule has 0 aliphatic heterocycles. The van der Waals surface area contributed by atoms with E-state index in [0.29, 0.717) is 22.8 Å². The van der Waals surface area contributed by atoms with Crippen molar-refractivity contribution in [2.24, 2.45) is 0 Å². The zero-order chi connectivity index (χ0) is 20.1. The van der Waals surface area contributed by atoms with E-state index in [2.05, 4.69) is 21.4 Å². The molecule has 1 N–H and O–H groups in total. The van der Waals surface area contributed by atoms with Crippen molar-refractivity contribution in [3.8, 4) is 6.07 Å². The monoisotopic (exact) mass is 410 g/mol. The van der Waals surface area contributed by atoms with Gasteiger partial charge < -0.3 is 5.32 Å². The summed E-state index contributed by atoms with van der Waals surface area (Å²) < 4.78 is 0. The molecule has 28 heavy (non-hydrogen) atoms. The zero-order valence-electron chi connectivity index (χ0n) is 14.1. The molecular formula is C18H11ClN6O2S. The average Bonchev–Trinajstić information content (AvgIpc) is 2.69. The van der Waals surface area contributed by atoms with Crippen LogP contribution in [0, 0.1) is 21.4 Å². The van der Waals surface area contributed by atoms with Crippen molar-refractivity contribution in [2.45, 2.75) is 0 Å². The van der Waals surface area contributed by atoms with Crippen molar-refractivity contribution in [3.63, 3.8) is 0 Å². The molecule has 138 valence electrons. The molecule has 0 atom stereocenters. The van der Waals surface area contributed by atoms with Crippen LogP contribution in [0.25, 0.3) is 0 Å². The van der Waals surface area contributed by atoms with Gasteiger partial charge in [-0.3, -0.25) is 20.0 Å². The van der Waals surface area contributed by atoms with Gasteiger partial charge in [0.1, 0.15) is 5.15 Å². The first kappa shape index (κ1) is 19.2. The smallest absolute Gasteiger partial charge is 0.269 e. The largest absolute Gasteiger partial charge is 0.332 e. The summed E-state index contributed by atoms with van der Waals surface area (Å²) in [6.07, 6.45) is 2.89. The number of nitrogens with one attached hydrogen (secondary N) is 1. The van der Waals surface area contributed by atoms with Gasteiger partial charge in [0.25, 0.3) is 5.69 Å². The van der Waals surface area contributed by atoms with E-state index in [-0.39, 0.29) is 16.0 Å². The molecule has 10 heteroatoms. The number of nitriles is 1. The number of hydrogen-bond acceptors (Lipinski definition) is 6. The summed E-state index contributed by atoms with van der Waals surface area (Å²) in [5.41, 5.74) is 1.66. The van der Waals surface area contributed by atoms with Gasteiger partial charge >= 0.3 is 0 Å². The molecular weight excluding hydrogens is 400 g/mol. The molecule has 8 nitrogen and oxygen atoms in total. The van der Waals surface area contributed by atoms with E-state index in [0.717, 1.165) is 0 Å². The minimum atomic E-state index is -0.479. The molecule has 0 amide bonds. The summed E-state index contributed by atoms with van der Waals surface area (Å²) in [7, 11) is 0. The van der Waals surface area contributed by atoms with E-state index in [4.69, 9.17) is 29.1 Å². The third kappa shape index (κ3) is 4.37. The zero-order valence-corrected chi connectivity index (χ0v) is 15.7. The van der Waals surface area contributed by atoms with E-state index in [1.807, 2.05) is 0 Å². The van der Waals surface area contributed by atoms with E-state index in [1.54, 1.807) is 41.3 Å². The Morgan fingerprint density at radius 3 is 2.43 bits per heavy atom. The van der Waals surface area contributed by atoms with Crippen LogP contribution < -0.4 is 10.2 Å². The molecule has 2 aromatic carbocycles. The highest BCUT2D eigenvalue weighted by atomic mass is 35.5. The number of thiocarbonyl (C=S) groups is 1. The molecule has 0 aliphatic rings. The van der Waals surface area contributed by atoms with Crippen molar-refractivity contribution >= 4 is 51.8 Å². The predicted molar refractivity (Wildman–Crippen MR) is 110 cm³/mol. The topological polar surface area (TPSA) is 108 Å². The normalized spacial score (nSPS) is 10.0. The molecule has 0 fully saturated rings. The number of nitro benzene ring substituents is 1. The van der Waals surface area contributed by atoms with E-state index >= 15 is 0 Å². The summed E-state index contributed by atoms with van der Waals surface area (Å²) in [5.74, 6) is 0.372. The third-order valence-electron chi connectivity index (χ3n) is 3.61. The highest BCUT2D eigenvalue weighted by molar-refractivity contribution is 7.80. The van der Waals surface area contributed by atoms with Gasteiger partial charge in [0.15, 0.2) is 10.9 Å². The Kier molecular flexibility index (Phi) is 5.74. The number of benzene rings is 2. The Morgan fingerprint density at radius 2 is 1.86 bits per heavy atom. The van der Waals surface area contributed by atoms with Crippen LogP contribution in [0.5, 0.6) is 0 Å². The molecule has 0 saturated heterocycles. The van der Waals surface area contributed by atoms with Gasteiger partial charge in [0.2, 0.25) is 0 Å². The van der Waals surface area contributed by atoms with Crippen LogP contribution in [0.15, 0.2) is 60.9 Å². The second-order valence-corrected chi connectivity index (χ2v) is 6.20. The number of rotatable bonds is 4. The quantitative estimate of drug-likeness (QED) is 0.382. The SMILES string of the molecule is N#Cc1ccc(N(C(=S)Nc2ccc([N+](=O)[O-])cc2)c2cncc(Cl)n2)cc1. The van der Waals surface area contributed by atoms with Gasteiger partial charge in [0.05, 0.1) is 28.9 Å². The third-order valence-corrected chi connectivity index (χ3v) is 4.08. The van der Waals surface area contributed by atoms with Crippen LogP contribution in [-0.4, -0.2) is 20.0 Å². The lowest BCUT2D eigenvalue weighted by atomic mass is 10.2. The molecule has 0 saturated carbocycles. The van der Waals surface area contributed by atoms with Crippen LogP contribution in [0.4, 0.5) is 22.9 Å². The minimum absolute atomic E-state index is 0.0267. The minimum Gasteiger partial charge on any atom is -0.332 e. The highest BCUT2D eigenvalue weighted by Gasteiger charge is 2.18. The van der Waals surface area contributed by atoms with Crippen molar-refractivity contribution in [1.29, 1.82) is 5.26 Å². The summed E-state index contributed by atoms with van der Waals surface area (Å²) in [5, 5.41) is 23.2. The summed E-state index contributed by atoms with van der Waals surface area (Å²) in [6.45, 7) is 0. The fraction of sp³-hybridized carbons (Fsp3) is 0. The van der Waals surface area contributed by atoms with Gasteiger partial charge in [-0.1, -0.05) is 11.6 Å². The second kappa shape index (κ2) is 8.39. The first-order chi connectivity index (χ1) is 13.5. The van der Waals surface area contributed by atoms with Crippen LogP contribution in [0.2, 0.25) is 5.15 Å². The first-order valence-electron chi connectivity index (χ1n) is 7.81. The van der Waals surface area contributed by atoms with Gasteiger partial charge in [0, 0.05) is 23.5 Å².